The molecule has 0 aromatic heterocycles. The first kappa shape index (κ1) is 17.7. The van der Waals surface area contributed by atoms with E-state index >= 15 is 0 Å². The summed E-state index contributed by atoms with van der Waals surface area (Å²) in [5.74, 6) is 0.990. The fourth-order valence-corrected chi connectivity index (χ4v) is 5.76. The van der Waals surface area contributed by atoms with Gasteiger partial charge in [0, 0.05) is 22.4 Å². The van der Waals surface area contributed by atoms with Crippen LogP contribution in [0.5, 0.6) is 5.75 Å². The predicted molar refractivity (Wildman–Crippen MR) is 115 cm³/mol. The van der Waals surface area contributed by atoms with E-state index in [1.807, 2.05) is 42.5 Å². The fraction of sp³-hybridized carbons (Fsp3) is 0.0455. The molecule has 0 saturated carbocycles. The zero-order valence-electron chi connectivity index (χ0n) is 14.4. The van der Waals surface area contributed by atoms with E-state index in [-0.39, 0.29) is 11.6 Å². The lowest BCUT2D eigenvalue weighted by Crippen LogP contribution is -2.08. The average Bonchev–Trinajstić information content (AvgIpc) is 3.22. The van der Waals surface area contributed by atoms with Gasteiger partial charge in [0.2, 0.25) is 11.6 Å². The Morgan fingerprint density at radius 3 is 2.46 bits per heavy atom. The number of fused-ring (bicyclic) bond motifs is 2. The molecule has 28 heavy (non-hydrogen) atoms. The van der Waals surface area contributed by atoms with Crippen molar-refractivity contribution in [2.24, 2.45) is 0 Å². The number of hydrogen-bond donors (Lipinski definition) is 0. The van der Waals surface area contributed by atoms with Gasteiger partial charge >= 0.3 is 0 Å². The van der Waals surface area contributed by atoms with E-state index in [1.54, 1.807) is 18.2 Å². The number of ketones is 2. The minimum absolute atomic E-state index is 0.0898. The molecule has 3 nitrogen and oxygen atoms in total. The maximum atomic E-state index is 13.0. The van der Waals surface area contributed by atoms with Crippen molar-refractivity contribution in [3.8, 4) is 5.75 Å². The fourth-order valence-electron chi connectivity index (χ4n) is 3.21. The molecule has 1 aliphatic carbocycles. The molecule has 0 N–H and O–H groups in total. The molecule has 0 spiro atoms. The molecule has 6 heteroatoms. The summed E-state index contributed by atoms with van der Waals surface area (Å²) < 4.78 is 6.04. The third kappa shape index (κ3) is 2.80. The lowest BCUT2D eigenvalue weighted by Gasteiger charge is -2.14. The smallest absolute Gasteiger partial charge is 0.202 e. The van der Waals surface area contributed by atoms with Crippen LogP contribution in [-0.4, -0.2) is 16.4 Å². The van der Waals surface area contributed by atoms with Crippen molar-refractivity contribution < 1.29 is 14.3 Å². The quantitative estimate of drug-likeness (QED) is 0.454. The second kappa shape index (κ2) is 6.88. The van der Waals surface area contributed by atoms with E-state index in [0.29, 0.717) is 38.9 Å². The Balaban J connectivity index is 1.53. The van der Waals surface area contributed by atoms with Gasteiger partial charge in [0.05, 0.1) is 19.6 Å². The topological polar surface area (TPSA) is 43.4 Å². The largest absolute Gasteiger partial charge is 0.455 e. The van der Waals surface area contributed by atoms with Crippen molar-refractivity contribution in [3.63, 3.8) is 0 Å². The van der Waals surface area contributed by atoms with Crippen LogP contribution in [0.4, 0.5) is 0 Å². The number of benzene rings is 2. The van der Waals surface area contributed by atoms with Gasteiger partial charge in [0.25, 0.3) is 0 Å². The number of thiocarbonyl (C=S) groups is 1. The highest BCUT2D eigenvalue weighted by atomic mass is 32.2. The van der Waals surface area contributed by atoms with Crippen molar-refractivity contribution >= 4 is 52.2 Å². The Morgan fingerprint density at radius 1 is 0.893 bits per heavy atom. The second-order valence-electron chi connectivity index (χ2n) is 6.34. The zero-order chi connectivity index (χ0) is 19.3. The van der Waals surface area contributed by atoms with Crippen LogP contribution in [0.25, 0.3) is 0 Å². The summed E-state index contributed by atoms with van der Waals surface area (Å²) in [4.78, 5) is 29.2. The Kier molecular flexibility index (Phi) is 4.34. The van der Waals surface area contributed by atoms with E-state index in [0.717, 1.165) is 14.7 Å². The summed E-state index contributed by atoms with van der Waals surface area (Å²) >= 11 is 8.04. The normalized spacial score (nSPS) is 20.3. The minimum Gasteiger partial charge on any atom is -0.455 e. The first-order valence-electron chi connectivity index (χ1n) is 8.63. The van der Waals surface area contributed by atoms with E-state index < -0.39 is 0 Å². The van der Waals surface area contributed by atoms with Crippen LogP contribution in [0.1, 0.15) is 27.1 Å². The lowest BCUT2D eigenvalue weighted by atomic mass is 10.1. The number of carbonyl (C=O) groups excluding carboxylic acids is 2. The van der Waals surface area contributed by atoms with Gasteiger partial charge < -0.3 is 4.74 Å². The van der Waals surface area contributed by atoms with Crippen LogP contribution in [0.2, 0.25) is 0 Å². The molecule has 2 aromatic rings. The number of thioether (sulfide) groups is 2. The minimum atomic E-state index is -0.130. The monoisotopic (exact) mass is 420 g/mol. The molecule has 2 aromatic carbocycles. The number of allylic oxidation sites excluding steroid dienone is 6. The molecule has 0 unspecified atom stereocenters. The van der Waals surface area contributed by atoms with E-state index in [4.69, 9.17) is 17.0 Å². The van der Waals surface area contributed by atoms with Crippen LogP contribution < -0.4 is 4.74 Å². The summed E-state index contributed by atoms with van der Waals surface area (Å²) in [5, 5.41) is 0. The standard InChI is InChI=1S/C22H12O3S3/c23-18-12-6-1-4-11-17(12)27-21(18)22-19(24)13-7-5-9-15(20(13)28-22)25-14-8-2-3-10-16(14)26/h1-9,11H,10H2. The SMILES string of the molecule is O=C1C(=C2Sc3c(OC4=CC=CCC4=S)cccc3C2=O)Sc2ccccc21. The molecule has 5 rings (SSSR count). The molecule has 3 aliphatic rings. The van der Waals surface area contributed by atoms with E-state index in [9.17, 15) is 9.59 Å². The molecule has 0 radical (unpaired) electrons. The summed E-state index contributed by atoms with van der Waals surface area (Å²) in [6.45, 7) is 0. The first-order chi connectivity index (χ1) is 13.6. The number of hydrogen-bond acceptors (Lipinski definition) is 6. The average molecular weight is 421 g/mol. The van der Waals surface area contributed by atoms with Crippen molar-refractivity contribution in [1.82, 2.24) is 0 Å². The van der Waals surface area contributed by atoms with Crippen LogP contribution in [-0.2, 0) is 0 Å². The molecule has 0 amide bonds. The molecule has 0 atom stereocenters. The van der Waals surface area contributed by atoms with Crippen molar-refractivity contribution in [3.05, 3.63) is 87.4 Å². The van der Waals surface area contributed by atoms with Gasteiger partial charge in [-0.05, 0) is 30.3 Å². The summed E-state index contributed by atoms with van der Waals surface area (Å²) in [7, 11) is 0. The third-order valence-electron chi connectivity index (χ3n) is 4.57. The van der Waals surface area contributed by atoms with Crippen molar-refractivity contribution in [2.75, 3.05) is 0 Å². The third-order valence-corrected chi connectivity index (χ3v) is 7.46. The van der Waals surface area contributed by atoms with Crippen LogP contribution >= 0.6 is 35.7 Å². The Bertz CT molecular complexity index is 1170. The maximum absolute atomic E-state index is 13.0. The molecule has 0 fully saturated rings. The van der Waals surface area contributed by atoms with Gasteiger partial charge in [-0.25, -0.2) is 0 Å². The van der Waals surface area contributed by atoms with Gasteiger partial charge in [-0.3, -0.25) is 9.59 Å². The highest BCUT2D eigenvalue weighted by Gasteiger charge is 2.37. The second-order valence-corrected chi connectivity index (χ2v) is 8.90. The number of rotatable bonds is 2. The predicted octanol–water partition coefficient (Wildman–Crippen LogP) is 5.77. The summed E-state index contributed by atoms with van der Waals surface area (Å²) in [6.07, 6.45) is 6.39. The first-order valence-corrected chi connectivity index (χ1v) is 10.7. The Morgan fingerprint density at radius 2 is 1.64 bits per heavy atom. The maximum Gasteiger partial charge on any atom is 0.202 e. The molecule has 0 saturated heterocycles. The Hall–Kier alpha value is -2.41. The van der Waals surface area contributed by atoms with Gasteiger partial charge in [0.15, 0.2) is 0 Å². The molecular formula is C22H12O3S3. The highest BCUT2D eigenvalue weighted by molar-refractivity contribution is 8.08. The zero-order valence-corrected chi connectivity index (χ0v) is 16.9. The van der Waals surface area contributed by atoms with Crippen molar-refractivity contribution in [1.29, 1.82) is 0 Å². The van der Waals surface area contributed by atoms with Gasteiger partial charge in [0.1, 0.15) is 11.5 Å². The Labute approximate surface area is 175 Å². The summed E-state index contributed by atoms with van der Waals surface area (Å²) in [6, 6.07) is 12.8. The number of carbonyl (C=O) groups is 2. The molecule has 136 valence electrons. The molecule has 0 bridgehead atoms. The van der Waals surface area contributed by atoms with E-state index in [2.05, 4.69) is 0 Å². The lowest BCUT2D eigenvalue weighted by molar-refractivity contribution is 0.101. The number of ether oxygens (including phenoxy) is 1. The van der Waals surface area contributed by atoms with Gasteiger partial charge in [-0.2, -0.15) is 0 Å². The van der Waals surface area contributed by atoms with Crippen LogP contribution in [0, 0.1) is 0 Å². The van der Waals surface area contributed by atoms with Crippen LogP contribution in [0.3, 0.4) is 0 Å². The summed E-state index contributed by atoms with van der Waals surface area (Å²) in [5.41, 5.74) is 1.22. The number of Topliss-reactive ketones (excluding diaryl/α,β-unsaturated/α-hetero) is 2. The van der Waals surface area contributed by atoms with Gasteiger partial charge in [-0.1, -0.05) is 66.1 Å². The highest BCUT2D eigenvalue weighted by Crippen LogP contribution is 2.52. The van der Waals surface area contributed by atoms with Gasteiger partial charge in [-0.15, -0.1) is 0 Å². The van der Waals surface area contributed by atoms with E-state index in [1.165, 1.54) is 23.5 Å². The molecular weight excluding hydrogens is 408 g/mol. The molecule has 2 aliphatic heterocycles. The van der Waals surface area contributed by atoms with Crippen molar-refractivity contribution in [2.45, 2.75) is 16.2 Å². The van der Waals surface area contributed by atoms with Crippen LogP contribution in [0.15, 0.2) is 86.1 Å². The molecule has 2 heterocycles.